The zero-order valence-electron chi connectivity index (χ0n) is 13.4. The van der Waals surface area contributed by atoms with Gasteiger partial charge in [0.05, 0.1) is 17.6 Å². The molecule has 0 saturated carbocycles. The molecule has 2 saturated heterocycles. The summed E-state index contributed by atoms with van der Waals surface area (Å²) in [6.07, 6.45) is 2.54. The lowest BCUT2D eigenvalue weighted by Gasteiger charge is -2.36. The summed E-state index contributed by atoms with van der Waals surface area (Å²) in [5.41, 5.74) is 7.02. The van der Waals surface area contributed by atoms with Crippen LogP contribution in [-0.4, -0.2) is 36.7 Å². The highest BCUT2D eigenvalue weighted by molar-refractivity contribution is 5.77. The number of hydrogen-bond donors (Lipinski definition) is 1. The number of aromatic nitrogens is 1. The number of primary amides is 1. The van der Waals surface area contributed by atoms with Gasteiger partial charge in [-0.25, -0.2) is 4.98 Å². The highest BCUT2D eigenvalue weighted by Crippen LogP contribution is 2.34. The van der Waals surface area contributed by atoms with Gasteiger partial charge in [-0.15, -0.1) is 0 Å². The van der Waals surface area contributed by atoms with E-state index in [0.29, 0.717) is 18.1 Å². The number of rotatable bonds is 3. The number of piperidine rings is 1. The van der Waals surface area contributed by atoms with Crippen molar-refractivity contribution >= 4 is 11.7 Å². The highest BCUT2D eigenvalue weighted by atomic mass is 16.5. The SMILES string of the molecule is Cc1ccc(C#N)c(N2CCC([C@H]3OCC[C@@H]3C(N)=O)CC2)n1. The van der Waals surface area contributed by atoms with Crippen LogP contribution in [0.25, 0.3) is 0 Å². The Morgan fingerprint density at radius 3 is 2.78 bits per heavy atom. The topological polar surface area (TPSA) is 92.2 Å². The fraction of sp³-hybridized carbons (Fsp3) is 0.588. The molecule has 3 heterocycles. The summed E-state index contributed by atoms with van der Waals surface area (Å²) in [4.78, 5) is 18.2. The number of carbonyl (C=O) groups excluding carboxylic acids is 1. The minimum atomic E-state index is -0.248. The van der Waals surface area contributed by atoms with Gasteiger partial charge in [0.1, 0.15) is 11.9 Å². The maximum absolute atomic E-state index is 11.5. The molecule has 6 heteroatoms. The van der Waals surface area contributed by atoms with E-state index in [-0.39, 0.29) is 17.9 Å². The molecule has 0 unspecified atom stereocenters. The molecule has 2 aliphatic rings. The van der Waals surface area contributed by atoms with Gasteiger partial charge >= 0.3 is 0 Å². The Kier molecular flexibility index (Phi) is 4.49. The third-order valence-electron chi connectivity index (χ3n) is 4.94. The van der Waals surface area contributed by atoms with Crippen LogP contribution in [0.1, 0.15) is 30.5 Å². The average molecular weight is 314 g/mol. The lowest BCUT2D eigenvalue weighted by Crippen LogP contribution is -2.42. The van der Waals surface area contributed by atoms with Crippen molar-refractivity contribution in [1.82, 2.24) is 4.98 Å². The predicted octanol–water partition coefficient (Wildman–Crippen LogP) is 1.37. The first kappa shape index (κ1) is 15.8. The number of ether oxygens (including phenoxy) is 1. The van der Waals surface area contributed by atoms with Gasteiger partial charge in [0, 0.05) is 25.4 Å². The summed E-state index contributed by atoms with van der Waals surface area (Å²) >= 11 is 0. The second-order valence-electron chi connectivity index (χ2n) is 6.39. The zero-order valence-corrected chi connectivity index (χ0v) is 13.4. The quantitative estimate of drug-likeness (QED) is 0.909. The van der Waals surface area contributed by atoms with Crippen LogP contribution >= 0.6 is 0 Å². The lowest BCUT2D eigenvalue weighted by molar-refractivity contribution is -0.124. The molecule has 1 amide bonds. The van der Waals surface area contributed by atoms with Crippen molar-refractivity contribution < 1.29 is 9.53 Å². The Morgan fingerprint density at radius 2 is 2.13 bits per heavy atom. The number of nitrogens with zero attached hydrogens (tertiary/aromatic N) is 3. The van der Waals surface area contributed by atoms with Gasteiger partial charge in [0.15, 0.2) is 0 Å². The van der Waals surface area contributed by atoms with Crippen molar-refractivity contribution in [2.45, 2.75) is 32.3 Å². The van der Waals surface area contributed by atoms with Crippen LogP contribution in [0.15, 0.2) is 12.1 Å². The van der Waals surface area contributed by atoms with Crippen LogP contribution in [0.3, 0.4) is 0 Å². The Bertz CT molecular complexity index is 632. The molecule has 23 heavy (non-hydrogen) atoms. The Labute approximate surface area is 136 Å². The summed E-state index contributed by atoms with van der Waals surface area (Å²) in [6, 6.07) is 5.90. The molecule has 0 aromatic carbocycles. The first-order chi connectivity index (χ1) is 11.1. The number of aryl methyl sites for hydroxylation is 1. The molecule has 2 aliphatic heterocycles. The Balaban J connectivity index is 1.68. The maximum Gasteiger partial charge on any atom is 0.223 e. The van der Waals surface area contributed by atoms with Gasteiger partial charge < -0.3 is 15.4 Å². The van der Waals surface area contributed by atoms with Crippen LogP contribution in [0, 0.1) is 30.1 Å². The highest BCUT2D eigenvalue weighted by Gasteiger charge is 2.39. The van der Waals surface area contributed by atoms with Crippen LogP contribution in [0.5, 0.6) is 0 Å². The molecular weight excluding hydrogens is 292 g/mol. The van der Waals surface area contributed by atoms with E-state index in [2.05, 4.69) is 16.0 Å². The fourth-order valence-electron chi connectivity index (χ4n) is 3.69. The average Bonchev–Trinajstić information content (AvgIpc) is 3.05. The smallest absolute Gasteiger partial charge is 0.223 e. The van der Waals surface area contributed by atoms with Gasteiger partial charge in [-0.3, -0.25) is 4.79 Å². The molecular formula is C17H22N4O2. The van der Waals surface area contributed by atoms with Gasteiger partial charge in [-0.1, -0.05) is 0 Å². The molecule has 2 fully saturated rings. The second kappa shape index (κ2) is 6.55. The number of carbonyl (C=O) groups is 1. The summed E-state index contributed by atoms with van der Waals surface area (Å²) in [6.45, 7) is 4.19. The number of amides is 1. The zero-order chi connectivity index (χ0) is 16.4. The molecule has 1 aromatic heterocycles. The maximum atomic E-state index is 11.5. The van der Waals surface area contributed by atoms with E-state index in [4.69, 9.17) is 10.5 Å². The van der Waals surface area contributed by atoms with E-state index >= 15 is 0 Å². The molecule has 6 nitrogen and oxygen atoms in total. The first-order valence-corrected chi connectivity index (χ1v) is 8.13. The minimum Gasteiger partial charge on any atom is -0.377 e. The van der Waals surface area contributed by atoms with E-state index in [1.54, 1.807) is 0 Å². The Morgan fingerprint density at radius 1 is 1.39 bits per heavy atom. The van der Waals surface area contributed by atoms with Gasteiger partial charge in [0.2, 0.25) is 5.91 Å². The third kappa shape index (κ3) is 3.15. The molecule has 3 rings (SSSR count). The van der Waals surface area contributed by atoms with Crippen LogP contribution in [0.2, 0.25) is 0 Å². The number of anilines is 1. The summed E-state index contributed by atoms with van der Waals surface area (Å²) < 4.78 is 5.78. The van der Waals surface area contributed by atoms with Crippen molar-refractivity contribution in [3.05, 3.63) is 23.4 Å². The number of hydrogen-bond acceptors (Lipinski definition) is 5. The van der Waals surface area contributed by atoms with Gasteiger partial charge in [-0.05, 0) is 44.2 Å². The summed E-state index contributed by atoms with van der Waals surface area (Å²) in [5.74, 6) is 0.715. The molecule has 0 spiro atoms. The molecule has 2 N–H and O–H groups in total. The molecule has 0 aliphatic carbocycles. The fourth-order valence-corrected chi connectivity index (χ4v) is 3.69. The van der Waals surface area contributed by atoms with Crippen LogP contribution in [-0.2, 0) is 9.53 Å². The van der Waals surface area contributed by atoms with Crippen LogP contribution < -0.4 is 10.6 Å². The minimum absolute atomic E-state index is 0.0458. The van der Waals surface area contributed by atoms with Crippen molar-refractivity contribution in [2.75, 3.05) is 24.6 Å². The molecule has 0 radical (unpaired) electrons. The second-order valence-corrected chi connectivity index (χ2v) is 6.39. The van der Waals surface area contributed by atoms with Crippen molar-refractivity contribution in [2.24, 2.45) is 17.6 Å². The van der Waals surface area contributed by atoms with Crippen molar-refractivity contribution in [3.8, 4) is 6.07 Å². The van der Waals surface area contributed by atoms with Crippen molar-refractivity contribution in [3.63, 3.8) is 0 Å². The molecule has 2 atom stereocenters. The Hall–Kier alpha value is -2.13. The summed E-state index contributed by atoms with van der Waals surface area (Å²) in [5, 5.41) is 9.27. The lowest BCUT2D eigenvalue weighted by atomic mass is 9.84. The van der Waals surface area contributed by atoms with E-state index < -0.39 is 0 Å². The number of nitrogens with two attached hydrogens (primary N) is 1. The monoisotopic (exact) mass is 314 g/mol. The van der Waals surface area contributed by atoms with E-state index in [1.165, 1.54) is 0 Å². The molecule has 0 bridgehead atoms. The predicted molar refractivity (Wildman–Crippen MR) is 85.7 cm³/mol. The third-order valence-corrected chi connectivity index (χ3v) is 4.94. The summed E-state index contributed by atoms with van der Waals surface area (Å²) in [7, 11) is 0. The largest absolute Gasteiger partial charge is 0.377 e. The van der Waals surface area contributed by atoms with Crippen molar-refractivity contribution in [1.29, 1.82) is 5.26 Å². The first-order valence-electron chi connectivity index (χ1n) is 8.13. The van der Waals surface area contributed by atoms with E-state index in [1.807, 2.05) is 19.1 Å². The van der Waals surface area contributed by atoms with Crippen LogP contribution in [0.4, 0.5) is 5.82 Å². The molecule has 122 valence electrons. The standard InChI is InChI=1S/C17H22N4O2/c1-11-2-3-13(10-18)17(20-11)21-7-4-12(5-8-21)15-14(16(19)22)6-9-23-15/h2-3,12,14-15H,4-9H2,1H3,(H2,19,22)/t14-,15+/m0/s1. The van der Waals surface area contributed by atoms with E-state index in [9.17, 15) is 10.1 Å². The normalized spacial score (nSPS) is 25.3. The van der Waals surface area contributed by atoms with Gasteiger partial charge in [0.25, 0.3) is 0 Å². The number of pyridine rings is 1. The van der Waals surface area contributed by atoms with E-state index in [0.717, 1.165) is 43.9 Å². The number of nitriles is 1. The molecule has 1 aromatic rings. The van der Waals surface area contributed by atoms with Gasteiger partial charge in [-0.2, -0.15) is 5.26 Å².